The van der Waals surface area contributed by atoms with E-state index in [4.69, 9.17) is 4.74 Å². The summed E-state index contributed by atoms with van der Waals surface area (Å²) in [6.45, 7) is 10.9. The number of hydrogen-bond donors (Lipinski definition) is 1. The van der Waals surface area contributed by atoms with E-state index in [1.165, 1.54) is 19.3 Å². The molecule has 1 fully saturated rings. The smallest absolute Gasteiger partial charge is 0.0600 e. The molecule has 0 spiro atoms. The summed E-state index contributed by atoms with van der Waals surface area (Å²) < 4.78 is 5.91. The number of rotatable bonds is 6. The van der Waals surface area contributed by atoms with E-state index in [9.17, 15) is 0 Å². The van der Waals surface area contributed by atoms with Gasteiger partial charge in [0.1, 0.15) is 0 Å². The fraction of sp³-hybridized carbons (Fsp3) is 1.00. The van der Waals surface area contributed by atoms with Crippen LogP contribution in [0.15, 0.2) is 0 Å². The van der Waals surface area contributed by atoms with Crippen molar-refractivity contribution in [1.82, 2.24) is 10.2 Å². The molecule has 1 heterocycles. The van der Waals surface area contributed by atoms with Crippen LogP contribution in [0.5, 0.6) is 0 Å². The Labute approximate surface area is 101 Å². The van der Waals surface area contributed by atoms with Crippen LogP contribution in [0.3, 0.4) is 0 Å². The first-order chi connectivity index (χ1) is 7.56. The predicted molar refractivity (Wildman–Crippen MR) is 68.8 cm³/mol. The van der Waals surface area contributed by atoms with Crippen molar-refractivity contribution in [3.05, 3.63) is 0 Å². The minimum atomic E-state index is 0.289. The molecule has 1 saturated heterocycles. The standard InChI is InChI=1S/C13H28N2O/c1-5-13(2,3)15(4)10-11-16-12-6-8-14-9-7-12/h12,14H,5-11H2,1-4H3. The summed E-state index contributed by atoms with van der Waals surface area (Å²) in [5.41, 5.74) is 0.289. The van der Waals surface area contributed by atoms with Gasteiger partial charge in [0.05, 0.1) is 12.7 Å². The summed E-state index contributed by atoms with van der Waals surface area (Å²) in [6.07, 6.45) is 4.00. The molecule has 1 N–H and O–H groups in total. The van der Waals surface area contributed by atoms with Crippen molar-refractivity contribution >= 4 is 0 Å². The Balaban J connectivity index is 2.14. The Morgan fingerprint density at radius 3 is 2.50 bits per heavy atom. The summed E-state index contributed by atoms with van der Waals surface area (Å²) >= 11 is 0. The Kier molecular flexibility index (Phi) is 5.73. The van der Waals surface area contributed by atoms with E-state index >= 15 is 0 Å². The molecule has 1 aliphatic rings. The topological polar surface area (TPSA) is 24.5 Å². The van der Waals surface area contributed by atoms with Gasteiger partial charge in [-0.25, -0.2) is 0 Å². The van der Waals surface area contributed by atoms with E-state index in [0.29, 0.717) is 6.10 Å². The number of piperidine rings is 1. The monoisotopic (exact) mass is 228 g/mol. The zero-order valence-electron chi connectivity index (χ0n) is 11.4. The van der Waals surface area contributed by atoms with Crippen LogP contribution in [0.1, 0.15) is 40.0 Å². The van der Waals surface area contributed by atoms with Gasteiger partial charge in [0.25, 0.3) is 0 Å². The molecular formula is C13H28N2O. The fourth-order valence-corrected chi connectivity index (χ4v) is 1.89. The molecule has 3 nitrogen and oxygen atoms in total. The van der Waals surface area contributed by atoms with Crippen molar-refractivity contribution in [2.45, 2.75) is 51.7 Å². The largest absolute Gasteiger partial charge is 0.377 e. The highest BCUT2D eigenvalue weighted by Gasteiger charge is 2.21. The van der Waals surface area contributed by atoms with Crippen molar-refractivity contribution in [3.63, 3.8) is 0 Å². The van der Waals surface area contributed by atoms with Crippen molar-refractivity contribution in [3.8, 4) is 0 Å². The zero-order chi connectivity index (χ0) is 12.0. The minimum absolute atomic E-state index is 0.289. The maximum absolute atomic E-state index is 5.91. The van der Waals surface area contributed by atoms with Gasteiger partial charge >= 0.3 is 0 Å². The molecule has 0 bridgehead atoms. The van der Waals surface area contributed by atoms with Gasteiger partial charge in [-0.1, -0.05) is 6.92 Å². The second-order valence-corrected chi connectivity index (χ2v) is 5.41. The Morgan fingerprint density at radius 1 is 1.31 bits per heavy atom. The van der Waals surface area contributed by atoms with E-state index in [1.807, 2.05) is 0 Å². The van der Waals surface area contributed by atoms with E-state index in [2.05, 4.69) is 38.0 Å². The van der Waals surface area contributed by atoms with Gasteiger partial charge in [0.15, 0.2) is 0 Å². The number of hydrogen-bond acceptors (Lipinski definition) is 3. The maximum atomic E-state index is 5.91. The van der Waals surface area contributed by atoms with Crippen molar-refractivity contribution in [2.24, 2.45) is 0 Å². The third-order valence-corrected chi connectivity index (χ3v) is 3.97. The normalized spacial score (nSPS) is 19.3. The average molecular weight is 228 g/mol. The number of nitrogens with zero attached hydrogens (tertiary/aromatic N) is 1. The van der Waals surface area contributed by atoms with Crippen LogP contribution < -0.4 is 5.32 Å². The van der Waals surface area contributed by atoms with Crippen LogP contribution in [0.4, 0.5) is 0 Å². The van der Waals surface area contributed by atoms with E-state index < -0.39 is 0 Å². The van der Waals surface area contributed by atoms with Crippen LogP contribution in [-0.2, 0) is 4.74 Å². The minimum Gasteiger partial charge on any atom is -0.377 e. The first-order valence-electron chi connectivity index (χ1n) is 6.60. The van der Waals surface area contributed by atoms with Gasteiger partial charge in [-0.15, -0.1) is 0 Å². The molecule has 3 heteroatoms. The van der Waals surface area contributed by atoms with Crippen LogP contribution in [0, 0.1) is 0 Å². The average Bonchev–Trinajstić information content (AvgIpc) is 2.30. The molecule has 0 aromatic heterocycles. The molecule has 0 aromatic carbocycles. The molecular weight excluding hydrogens is 200 g/mol. The summed E-state index contributed by atoms with van der Waals surface area (Å²) in [4.78, 5) is 2.40. The van der Waals surface area contributed by atoms with Crippen LogP contribution >= 0.6 is 0 Å². The van der Waals surface area contributed by atoms with Gasteiger partial charge in [0, 0.05) is 12.1 Å². The summed E-state index contributed by atoms with van der Waals surface area (Å²) in [7, 11) is 2.19. The van der Waals surface area contributed by atoms with Gasteiger partial charge in [0.2, 0.25) is 0 Å². The fourth-order valence-electron chi connectivity index (χ4n) is 1.89. The highest BCUT2D eigenvalue weighted by Crippen LogP contribution is 2.16. The van der Waals surface area contributed by atoms with E-state index in [1.54, 1.807) is 0 Å². The van der Waals surface area contributed by atoms with E-state index in [0.717, 1.165) is 26.2 Å². The summed E-state index contributed by atoms with van der Waals surface area (Å²) in [6, 6.07) is 0. The maximum Gasteiger partial charge on any atom is 0.0600 e. The lowest BCUT2D eigenvalue weighted by atomic mass is 10.0. The highest BCUT2D eigenvalue weighted by atomic mass is 16.5. The first-order valence-corrected chi connectivity index (χ1v) is 6.60. The Morgan fingerprint density at radius 2 is 1.94 bits per heavy atom. The van der Waals surface area contributed by atoms with Crippen molar-refractivity contribution in [1.29, 1.82) is 0 Å². The van der Waals surface area contributed by atoms with Crippen LogP contribution in [0.2, 0.25) is 0 Å². The predicted octanol–water partition coefficient (Wildman–Crippen LogP) is 1.88. The number of nitrogens with one attached hydrogen (secondary N) is 1. The third-order valence-electron chi connectivity index (χ3n) is 3.97. The molecule has 16 heavy (non-hydrogen) atoms. The molecule has 0 unspecified atom stereocenters. The van der Waals surface area contributed by atoms with Gasteiger partial charge in [-0.05, 0) is 53.2 Å². The molecule has 0 radical (unpaired) electrons. The molecule has 0 amide bonds. The van der Waals surface area contributed by atoms with E-state index in [-0.39, 0.29) is 5.54 Å². The summed E-state index contributed by atoms with van der Waals surface area (Å²) in [5.74, 6) is 0. The Bertz CT molecular complexity index is 188. The first kappa shape index (κ1) is 13.9. The van der Waals surface area contributed by atoms with Crippen molar-refractivity contribution < 1.29 is 4.74 Å². The number of likely N-dealkylation sites (N-methyl/N-ethyl adjacent to an activating group) is 1. The molecule has 0 aliphatic carbocycles. The molecule has 1 rings (SSSR count). The molecule has 0 aromatic rings. The van der Waals surface area contributed by atoms with Crippen molar-refractivity contribution in [2.75, 3.05) is 33.3 Å². The third kappa shape index (κ3) is 4.40. The molecule has 0 atom stereocenters. The second kappa shape index (κ2) is 6.58. The number of ether oxygens (including phenoxy) is 1. The molecule has 0 saturated carbocycles. The molecule has 96 valence electrons. The Hall–Kier alpha value is -0.120. The molecule has 1 aliphatic heterocycles. The van der Waals surface area contributed by atoms with Crippen LogP contribution in [-0.4, -0.2) is 49.8 Å². The highest BCUT2D eigenvalue weighted by molar-refractivity contribution is 4.77. The SMILES string of the molecule is CCC(C)(C)N(C)CCOC1CCNCC1. The second-order valence-electron chi connectivity index (χ2n) is 5.41. The quantitative estimate of drug-likeness (QED) is 0.751. The lowest BCUT2D eigenvalue weighted by Gasteiger charge is -2.35. The lowest BCUT2D eigenvalue weighted by molar-refractivity contribution is 0.00938. The zero-order valence-corrected chi connectivity index (χ0v) is 11.4. The van der Waals surface area contributed by atoms with Crippen LogP contribution in [0.25, 0.3) is 0 Å². The summed E-state index contributed by atoms with van der Waals surface area (Å²) in [5, 5.41) is 3.36. The van der Waals surface area contributed by atoms with Gasteiger partial charge in [-0.3, -0.25) is 4.90 Å². The lowest BCUT2D eigenvalue weighted by Crippen LogP contribution is -2.43. The van der Waals surface area contributed by atoms with Gasteiger partial charge < -0.3 is 10.1 Å². The van der Waals surface area contributed by atoms with Gasteiger partial charge in [-0.2, -0.15) is 0 Å².